The molecule has 0 aliphatic carbocycles. The van der Waals surface area contributed by atoms with Gasteiger partial charge in [-0.3, -0.25) is 4.98 Å². The first kappa shape index (κ1) is 11.4. The number of anilines is 1. The summed E-state index contributed by atoms with van der Waals surface area (Å²) < 4.78 is 7.26. The number of hydrogen-bond donors (Lipinski definition) is 1. The van der Waals surface area contributed by atoms with Gasteiger partial charge in [0.15, 0.2) is 0 Å². The standard InChI is InChI=1S/C11H15N5O/c1-2-17-11-8-13-7-10(15-11)14-4-6-16-5-3-12-9-16/h3,5,7-9H,2,4,6H2,1H3,(H,14,15). The third kappa shape index (κ3) is 3.44. The van der Waals surface area contributed by atoms with Gasteiger partial charge in [0.05, 0.1) is 25.3 Å². The normalized spacial score (nSPS) is 10.2. The van der Waals surface area contributed by atoms with Gasteiger partial charge < -0.3 is 14.6 Å². The van der Waals surface area contributed by atoms with Crippen molar-refractivity contribution in [1.29, 1.82) is 0 Å². The molecule has 0 spiro atoms. The molecule has 0 aliphatic rings. The predicted molar refractivity (Wildman–Crippen MR) is 63.9 cm³/mol. The molecule has 17 heavy (non-hydrogen) atoms. The first-order valence-electron chi connectivity index (χ1n) is 5.53. The Kier molecular flexibility index (Phi) is 3.90. The van der Waals surface area contributed by atoms with Gasteiger partial charge in [-0.25, -0.2) is 4.98 Å². The van der Waals surface area contributed by atoms with Crippen LogP contribution in [0.15, 0.2) is 31.1 Å². The number of imidazole rings is 1. The van der Waals surface area contributed by atoms with Gasteiger partial charge in [-0.05, 0) is 6.92 Å². The van der Waals surface area contributed by atoms with Crippen LogP contribution >= 0.6 is 0 Å². The monoisotopic (exact) mass is 233 g/mol. The molecule has 0 saturated heterocycles. The zero-order chi connectivity index (χ0) is 11.9. The van der Waals surface area contributed by atoms with Crippen LogP contribution in [0.3, 0.4) is 0 Å². The van der Waals surface area contributed by atoms with Crippen molar-refractivity contribution in [1.82, 2.24) is 19.5 Å². The zero-order valence-corrected chi connectivity index (χ0v) is 9.71. The Morgan fingerprint density at radius 3 is 3.06 bits per heavy atom. The van der Waals surface area contributed by atoms with Crippen LogP contribution in [0.25, 0.3) is 0 Å². The predicted octanol–water partition coefficient (Wildman–Crippen LogP) is 1.18. The lowest BCUT2D eigenvalue weighted by atomic mass is 10.5. The van der Waals surface area contributed by atoms with Crippen molar-refractivity contribution in [3.05, 3.63) is 31.1 Å². The van der Waals surface area contributed by atoms with E-state index in [4.69, 9.17) is 4.74 Å². The van der Waals surface area contributed by atoms with Crippen molar-refractivity contribution in [2.75, 3.05) is 18.5 Å². The maximum absolute atomic E-state index is 5.27. The van der Waals surface area contributed by atoms with Crippen molar-refractivity contribution in [3.8, 4) is 5.88 Å². The second-order valence-electron chi connectivity index (χ2n) is 3.40. The fraction of sp³-hybridized carbons (Fsp3) is 0.364. The largest absolute Gasteiger partial charge is 0.477 e. The smallest absolute Gasteiger partial charge is 0.234 e. The summed E-state index contributed by atoms with van der Waals surface area (Å²) in [4.78, 5) is 12.3. The van der Waals surface area contributed by atoms with Crippen molar-refractivity contribution < 1.29 is 4.74 Å². The topological polar surface area (TPSA) is 64.9 Å². The highest BCUT2D eigenvalue weighted by Crippen LogP contribution is 2.08. The average molecular weight is 233 g/mol. The molecule has 0 radical (unpaired) electrons. The van der Waals surface area contributed by atoms with Crippen LogP contribution in [-0.4, -0.2) is 32.7 Å². The van der Waals surface area contributed by atoms with Gasteiger partial charge in [0.25, 0.3) is 0 Å². The van der Waals surface area contributed by atoms with E-state index in [-0.39, 0.29) is 0 Å². The molecule has 2 aromatic heterocycles. The van der Waals surface area contributed by atoms with Gasteiger partial charge in [-0.1, -0.05) is 0 Å². The van der Waals surface area contributed by atoms with Crippen LogP contribution in [0.5, 0.6) is 5.88 Å². The van der Waals surface area contributed by atoms with Crippen molar-refractivity contribution in [2.45, 2.75) is 13.5 Å². The van der Waals surface area contributed by atoms with Gasteiger partial charge in [-0.15, -0.1) is 0 Å². The summed E-state index contributed by atoms with van der Waals surface area (Å²) in [5, 5.41) is 3.18. The van der Waals surface area contributed by atoms with E-state index in [0.717, 1.165) is 18.9 Å². The maximum atomic E-state index is 5.27. The van der Waals surface area contributed by atoms with Crippen LogP contribution in [0.4, 0.5) is 5.82 Å². The van der Waals surface area contributed by atoms with Crippen molar-refractivity contribution in [3.63, 3.8) is 0 Å². The van der Waals surface area contributed by atoms with Gasteiger partial charge in [0.1, 0.15) is 5.82 Å². The minimum Gasteiger partial charge on any atom is -0.477 e. The highest BCUT2D eigenvalue weighted by molar-refractivity contribution is 5.32. The summed E-state index contributed by atoms with van der Waals surface area (Å²) in [7, 11) is 0. The third-order valence-corrected chi connectivity index (χ3v) is 2.14. The lowest BCUT2D eigenvalue weighted by Gasteiger charge is -2.07. The van der Waals surface area contributed by atoms with E-state index in [1.165, 1.54) is 0 Å². The molecule has 6 heteroatoms. The van der Waals surface area contributed by atoms with E-state index in [1.54, 1.807) is 24.9 Å². The molecule has 0 bridgehead atoms. The van der Waals surface area contributed by atoms with Crippen LogP contribution in [-0.2, 0) is 6.54 Å². The Morgan fingerprint density at radius 1 is 1.35 bits per heavy atom. The molecule has 0 fully saturated rings. The van der Waals surface area contributed by atoms with Gasteiger partial charge in [-0.2, -0.15) is 4.98 Å². The van der Waals surface area contributed by atoms with E-state index in [9.17, 15) is 0 Å². The molecule has 0 amide bonds. The fourth-order valence-corrected chi connectivity index (χ4v) is 1.38. The van der Waals surface area contributed by atoms with Crippen LogP contribution < -0.4 is 10.1 Å². The summed E-state index contributed by atoms with van der Waals surface area (Å²) in [6.45, 7) is 4.11. The minimum atomic E-state index is 0.542. The summed E-state index contributed by atoms with van der Waals surface area (Å²) >= 11 is 0. The Balaban J connectivity index is 1.84. The van der Waals surface area contributed by atoms with E-state index < -0.39 is 0 Å². The lowest BCUT2D eigenvalue weighted by Crippen LogP contribution is -2.10. The summed E-state index contributed by atoms with van der Waals surface area (Å²) in [6.07, 6.45) is 8.74. The highest BCUT2D eigenvalue weighted by atomic mass is 16.5. The number of ether oxygens (including phenoxy) is 1. The molecule has 2 rings (SSSR count). The number of aromatic nitrogens is 4. The van der Waals surface area contributed by atoms with Crippen LogP contribution in [0.2, 0.25) is 0 Å². The molecule has 0 unspecified atom stereocenters. The Labute approximate surface area is 99.7 Å². The SMILES string of the molecule is CCOc1cncc(NCCn2ccnc2)n1. The highest BCUT2D eigenvalue weighted by Gasteiger charge is 1.98. The third-order valence-electron chi connectivity index (χ3n) is 2.14. The number of rotatable bonds is 6. The quantitative estimate of drug-likeness (QED) is 0.811. The van der Waals surface area contributed by atoms with E-state index in [2.05, 4.69) is 20.3 Å². The summed E-state index contributed by atoms with van der Waals surface area (Å²) in [6, 6.07) is 0. The molecule has 1 N–H and O–H groups in total. The Hall–Kier alpha value is -2.11. The molecule has 0 saturated carbocycles. The summed E-state index contributed by atoms with van der Waals surface area (Å²) in [5.74, 6) is 1.26. The van der Waals surface area contributed by atoms with Crippen LogP contribution in [0, 0.1) is 0 Å². The second kappa shape index (κ2) is 5.83. The summed E-state index contributed by atoms with van der Waals surface area (Å²) in [5.41, 5.74) is 0. The molecule has 2 heterocycles. The molecule has 6 nitrogen and oxygen atoms in total. The number of nitrogens with zero attached hydrogens (tertiary/aromatic N) is 4. The van der Waals surface area contributed by atoms with Crippen molar-refractivity contribution in [2.24, 2.45) is 0 Å². The Bertz CT molecular complexity index is 443. The number of nitrogens with one attached hydrogen (secondary N) is 1. The van der Waals surface area contributed by atoms with Gasteiger partial charge in [0, 0.05) is 25.5 Å². The fourth-order valence-electron chi connectivity index (χ4n) is 1.38. The van der Waals surface area contributed by atoms with E-state index >= 15 is 0 Å². The van der Waals surface area contributed by atoms with Gasteiger partial charge >= 0.3 is 0 Å². The van der Waals surface area contributed by atoms with Crippen LogP contribution in [0.1, 0.15) is 6.92 Å². The van der Waals surface area contributed by atoms with Gasteiger partial charge in [0.2, 0.25) is 5.88 Å². The Morgan fingerprint density at radius 2 is 2.29 bits per heavy atom. The first-order valence-corrected chi connectivity index (χ1v) is 5.53. The zero-order valence-electron chi connectivity index (χ0n) is 9.71. The molecule has 0 atom stereocenters. The minimum absolute atomic E-state index is 0.542. The lowest BCUT2D eigenvalue weighted by molar-refractivity contribution is 0.325. The molecular formula is C11H15N5O. The molecule has 0 aromatic carbocycles. The van der Waals surface area contributed by atoms with E-state index in [0.29, 0.717) is 12.5 Å². The van der Waals surface area contributed by atoms with Crippen molar-refractivity contribution >= 4 is 5.82 Å². The maximum Gasteiger partial charge on any atom is 0.234 e. The molecule has 0 aliphatic heterocycles. The molecule has 2 aromatic rings. The molecule has 90 valence electrons. The first-order chi connectivity index (χ1) is 8.38. The molecular weight excluding hydrogens is 218 g/mol. The average Bonchev–Trinajstić information content (AvgIpc) is 2.83. The number of hydrogen-bond acceptors (Lipinski definition) is 5. The van der Waals surface area contributed by atoms with E-state index in [1.807, 2.05) is 17.7 Å². The second-order valence-corrected chi connectivity index (χ2v) is 3.40.